The first-order chi connectivity index (χ1) is 7.21. The van der Waals surface area contributed by atoms with Crippen LogP contribution in [0.15, 0.2) is 0 Å². The van der Waals surface area contributed by atoms with Crippen LogP contribution in [0, 0.1) is 0 Å². The Morgan fingerprint density at radius 1 is 0.625 bits per heavy atom. The Balaban J connectivity index is 3.17. The molecule has 0 rings (SSSR count). The third kappa shape index (κ3) is 13.7. The molecule has 0 aliphatic rings. The number of rotatable bonds is 8. The molecule has 0 aromatic heterocycles. The molecule has 16 heavy (non-hydrogen) atoms. The largest absolute Gasteiger partial charge is 0.389 e. The Hall–Kier alpha value is -0.330. The number of hydrogen-bond acceptors (Lipinski definition) is 3. The van der Waals surface area contributed by atoms with Gasteiger partial charge in [-0.05, 0) is 12.8 Å². The highest BCUT2D eigenvalue weighted by atomic mass is 19.4. The van der Waals surface area contributed by atoms with Gasteiger partial charge in [0.2, 0.25) is 0 Å². The van der Waals surface area contributed by atoms with Gasteiger partial charge in [-0.1, -0.05) is 25.7 Å². The van der Waals surface area contributed by atoms with Crippen molar-refractivity contribution in [3.63, 3.8) is 0 Å². The molecule has 0 heterocycles. The molecule has 0 aromatic rings. The predicted molar refractivity (Wildman–Crippen MR) is 52.4 cm³/mol. The molecule has 0 amide bonds. The van der Waals surface area contributed by atoms with Gasteiger partial charge in [0.15, 0.2) is 0 Å². The van der Waals surface area contributed by atoms with Gasteiger partial charge in [-0.2, -0.15) is 13.2 Å². The van der Waals surface area contributed by atoms with Crippen molar-refractivity contribution < 1.29 is 28.5 Å². The van der Waals surface area contributed by atoms with Crippen molar-refractivity contribution in [2.75, 3.05) is 0 Å². The molecule has 0 aliphatic heterocycles. The first-order valence-corrected chi connectivity index (χ1v) is 5.44. The van der Waals surface area contributed by atoms with Gasteiger partial charge in [-0.3, -0.25) is 0 Å². The Morgan fingerprint density at radius 3 is 1.38 bits per heavy atom. The maximum atomic E-state index is 11.7. The number of aliphatic hydroxyl groups is 3. The monoisotopic (exact) mass is 244 g/mol. The van der Waals surface area contributed by atoms with Gasteiger partial charge in [0.05, 0.1) is 0 Å². The summed E-state index contributed by atoms with van der Waals surface area (Å²) < 4.78 is 35.2. The second kappa shape index (κ2) is 7.09. The zero-order valence-electron chi connectivity index (χ0n) is 9.13. The highest BCUT2D eigenvalue weighted by Crippen LogP contribution is 2.23. The van der Waals surface area contributed by atoms with Crippen LogP contribution >= 0.6 is 0 Å². The van der Waals surface area contributed by atoms with E-state index >= 15 is 0 Å². The third-order valence-corrected chi connectivity index (χ3v) is 2.22. The summed E-state index contributed by atoms with van der Waals surface area (Å²) in [5.41, 5.74) is 0. The first-order valence-electron chi connectivity index (χ1n) is 5.44. The topological polar surface area (TPSA) is 60.7 Å². The molecule has 0 unspecified atom stereocenters. The summed E-state index contributed by atoms with van der Waals surface area (Å²) in [6.45, 7) is 0. The van der Waals surface area contributed by atoms with Crippen LogP contribution in [-0.4, -0.2) is 27.5 Å². The van der Waals surface area contributed by atoms with Gasteiger partial charge in [0.25, 0.3) is 5.97 Å². The molecule has 0 spiro atoms. The van der Waals surface area contributed by atoms with E-state index in [2.05, 4.69) is 0 Å². The second-order valence-electron chi connectivity index (χ2n) is 4.01. The molecule has 0 bridgehead atoms. The van der Waals surface area contributed by atoms with Crippen molar-refractivity contribution >= 4 is 0 Å². The third-order valence-electron chi connectivity index (χ3n) is 2.22. The number of hydrogen-bond donors (Lipinski definition) is 3. The van der Waals surface area contributed by atoms with Crippen LogP contribution in [0.25, 0.3) is 0 Å². The van der Waals surface area contributed by atoms with Crippen LogP contribution in [0.1, 0.15) is 51.4 Å². The zero-order valence-corrected chi connectivity index (χ0v) is 9.13. The van der Waals surface area contributed by atoms with Crippen molar-refractivity contribution in [3.05, 3.63) is 0 Å². The molecule has 0 saturated heterocycles. The quantitative estimate of drug-likeness (QED) is 0.453. The van der Waals surface area contributed by atoms with E-state index in [-0.39, 0.29) is 12.8 Å². The smallest absolute Gasteiger partial charge is 0.344 e. The summed E-state index contributed by atoms with van der Waals surface area (Å²) in [7, 11) is 0. The van der Waals surface area contributed by atoms with Crippen molar-refractivity contribution in [2.24, 2.45) is 0 Å². The average Bonchev–Trinajstić information content (AvgIpc) is 2.06. The summed E-state index contributed by atoms with van der Waals surface area (Å²) in [4.78, 5) is 0. The molecule has 6 heteroatoms. The molecular formula is C10H19F3O3. The molecule has 3 nitrogen and oxygen atoms in total. The molecule has 0 saturated carbocycles. The van der Waals surface area contributed by atoms with Crippen LogP contribution in [0.2, 0.25) is 0 Å². The number of alkyl halides is 3. The Bertz CT molecular complexity index is 155. The van der Waals surface area contributed by atoms with Gasteiger partial charge in [0.1, 0.15) is 0 Å². The first kappa shape index (κ1) is 15.7. The van der Waals surface area contributed by atoms with E-state index in [0.29, 0.717) is 25.7 Å². The van der Waals surface area contributed by atoms with Gasteiger partial charge in [-0.15, -0.1) is 0 Å². The standard InChI is InChI=1S/C10H19F3O3/c11-9(12,13)7-5-3-1-2-4-6-8-10(14,15)16/h14-16H,1-8H2. The molecule has 3 N–H and O–H groups in total. The molecule has 0 atom stereocenters. The van der Waals surface area contributed by atoms with Gasteiger partial charge >= 0.3 is 6.18 Å². The second-order valence-corrected chi connectivity index (χ2v) is 4.01. The lowest BCUT2D eigenvalue weighted by atomic mass is 10.1. The highest BCUT2D eigenvalue weighted by molar-refractivity contribution is 4.53. The molecule has 0 fully saturated rings. The van der Waals surface area contributed by atoms with Crippen molar-refractivity contribution in [3.8, 4) is 0 Å². The minimum atomic E-state index is -4.07. The van der Waals surface area contributed by atoms with E-state index in [9.17, 15) is 13.2 Å². The lowest BCUT2D eigenvalue weighted by molar-refractivity contribution is -0.315. The van der Waals surface area contributed by atoms with Gasteiger partial charge in [-0.25, -0.2) is 0 Å². The summed E-state index contributed by atoms with van der Waals surface area (Å²) in [6.07, 6.45) is -1.69. The highest BCUT2D eigenvalue weighted by Gasteiger charge is 2.25. The van der Waals surface area contributed by atoms with Crippen molar-refractivity contribution in [1.82, 2.24) is 0 Å². The van der Waals surface area contributed by atoms with Crippen molar-refractivity contribution in [2.45, 2.75) is 63.5 Å². The Labute approximate surface area is 92.9 Å². The minimum Gasteiger partial charge on any atom is -0.344 e. The van der Waals surface area contributed by atoms with Gasteiger partial charge < -0.3 is 15.3 Å². The maximum absolute atomic E-state index is 11.7. The van der Waals surface area contributed by atoms with Crippen LogP contribution in [0.4, 0.5) is 13.2 Å². The SMILES string of the molecule is OC(O)(O)CCCCCCCCC(F)(F)F. The van der Waals surface area contributed by atoms with E-state index < -0.39 is 18.6 Å². The Morgan fingerprint density at radius 2 is 1.00 bits per heavy atom. The van der Waals surface area contributed by atoms with Crippen LogP contribution in [0.3, 0.4) is 0 Å². The van der Waals surface area contributed by atoms with Crippen LogP contribution in [0.5, 0.6) is 0 Å². The molecule has 0 radical (unpaired) electrons. The molecule has 0 aliphatic carbocycles. The fourth-order valence-corrected chi connectivity index (χ4v) is 1.39. The lowest BCUT2D eigenvalue weighted by Gasteiger charge is -2.13. The molecule has 0 aromatic carbocycles. The maximum Gasteiger partial charge on any atom is 0.389 e. The molecular weight excluding hydrogens is 225 g/mol. The lowest BCUT2D eigenvalue weighted by Crippen LogP contribution is -2.26. The average molecular weight is 244 g/mol. The van der Waals surface area contributed by atoms with E-state index in [4.69, 9.17) is 15.3 Å². The number of unbranched alkanes of at least 4 members (excludes halogenated alkanes) is 5. The summed E-state index contributed by atoms with van der Waals surface area (Å²) >= 11 is 0. The van der Waals surface area contributed by atoms with E-state index in [1.807, 2.05) is 0 Å². The minimum absolute atomic E-state index is 0.129. The summed E-state index contributed by atoms with van der Waals surface area (Å²) in [5.74, 6) is -2.61. The van der Waals surface area contributed by atoms with Crippen LogP contribution in [-0.2, 0) is 0 Å². The predicted octanol–water partition coefficient (Wildman–Crippen LogP) is 2.30. The van der Waals surface area contributed by atoms with Gasteiger partial charge in [0, 0.05) is 12.8 Å². The molecule has 98 valence electrons. The summed E-state index contributed by atoms with van der Waals surface area (Å²) in [6, 6.07) is 0. The normalized spacial score (nSPS) is 13.1. The van der Waals surface area contributed by atoms with Crippen LogP contribution < -0.4 is 0 Å². The Kier molecular flexibility index (Phi) is 6.94. The summed E-state index contributed by atoms with van der Waals surface area (Å²) in [5, 5.41) is 25.6. The van der Waals surface area contributed by atoms with E-state index in [0.717, 1.165) is 6.42 Å². The fraction of sp³-hybridized carbons (Fsp3) is 1.00. The zero-order chi connectivity index (χ0) is 12.7. The number of halogens is 3. The fourth-order valence-electron chi connectivity index (χ4n) is 1.39. The van der Waals surface area contributed by atoms with Crippen molar-refractivity contribution in [1.29, 1.82) is 0 Å². The van der Waals surface area contributed by atoms with E-state index in [1.54, 1.807) is 0 Å². The van der Waals surface area contributed by atoms with E-state index in [1.165, 1.54) is 0 Å².